The van der Waals surface area contributed by atoms with Crippen LogP contribution in [0.4, 0.5) is 4.39 Å². The average Bonchev–Trinajstić information content (AvgIpc) is 2.61. The van der Waals surface area contributed by atoms with Gasteiger partial charge in [-0.1, -0.05) is 29.6 Å². The number of aromatic nitrogens is 3. The van der Waals surface area contributed by atoms with Crippen LogP contribution >= 0.6 is 12.2 Å². The minimum atomic E-state index is -0.269. The fraction of sp³-hybridized carbons (Fsp3) is 0.182. The van der Waals surface area contributed by atoms with E-state index in [-0.39, 0.29) is 10.8 Å². The fourth-order valence-electron chi connectivity index (χ4n) is 1.55. The summed E-state index contributed by atoms with van der Waals surface area (Å²) in [5, 5.41) is 7.83. The highest BCUT2D eigenvalue weighted by atomic mass is 32.1. The molecule has 0 saturated carbocycles. The molecule has 0 amide bonds. The quantitative estimate of drug-likeness (QED) is 0.837. The molecule has 6 heteroatoms. The molecule has 0 aliphatic rings. The molecule has 17 heavy (non-hydrogen) atoms. The van der Waals surface area contributed by atoms with Crippen molar-refractivity contribution in [1.29, 1.82) is 0 Å². The van der Waals surface area contributed by atoms with Gasteiger partial charge in [0.2, 0.25) is 0 Å². The zero-order valence-electron chi connectivity index (χ0n) is 9.22. The Kier molecular flexibility index (Phi) is 3.14. The van der Waals surface area contributed by atoms with Crippen LogP contribution in [0.1, 0.15) is 17.0 Å². The number of nitrogens with zero attached hydrogens (tertiary/aromatic N) is 3. The molecule has 0 fully saturated rings. The van der Waals surface area contributed by atoms with E-state index in [1.54, 1.807) is 10.7 Å². The average molecular weight is 250 g/mol. The fourth-order valence-corrected chi connectivity index (χ4v) is 1.73. The maximum atomic E-state index is 13.0. The van der Waals surface area contributed by atoms with Crippen LogP contribution in [-0.4, -0.2) is 20.0 Å². The highest BCUT2D eigenvalue weighted by Gasteiger charge is 2.10. The molecule has 0 radical (unpaired) electrons. The van der Waals surface area contributed by atoms with Crippen LogP contribution in [0.2, 0.25) is 0 Å². The summed E-state index contributed by atoms with van der Waals surface area (Å²) in [4.78, 5) is 0.216. The van der Waals surface area contributed by atoms with E-state index in [9.17, 15) is 4.39 Å². The molecule has 0 aliphatic heterocycles. The topological polar surface area (TPSA) is 56.7 Å². The van der Waals surface area contributed by atoms with E-state index in [1.807, 2.05) is 13.0 Å². The molecule has 88 valence electrons. The van der Waals surface area contributed by atoms with E-state index in [0.29, 0.717) is 12.2 Å². The SMILES string of the molecule is Cc1c(C(N)=S)nnn1Cc1cccc(F)c1. The van der Waals surface area contributed by atoms with Crippen molar-refractivity contribution in [3.63, 3.8) is 0 Å². The second kappa shape index (κ2) is 4.58. The van der Waals surface area contributed by atoms with Gasteiger partial charge in [0, 0.05) is 0 Å². The number of halogens is 1. The largest absolute Gasteiger partial charge is 0.388 e. The molecule has 0 aliphatic carbocycles. The third-order valence-electron chi connectivity index (χ3n) is 2.44. The third kappa shape index (κ3) is 2.47. The first-order chi connectivity index (χ1) is 8.08. The predicted octanol–water partition coefficient (Wildman–Crippen LogP) is 1.41. The molecule has 0 saturated heterocycles. The summed E-state index contributed by atoms with van der Waals surface area (Å²) in [6.07, 6.45) is 0. The van der Waals surface area contributed by atoms with Gasteiger partial charge in [0.05, 0.1) is 12.2 Å². The van der Waals surface area contributed by atoms with Gasteiger partial charge in [-0.05, 0) is 24.6 Å². The summed E-state index contributed by atoms with van der Waals surface area (Å²) in [5.74, 6) is -0.269. The Balaban J connectivity index is 2.28. The Morgan fingerprint density at radius 1 is 1.53 bits per heavy atom. The Hall–Kier alpha value is -1.82. The van der Waals surface area contributed by atoms with Crippen LogP contribution in [0.5, 0.6) is 0 Å². The van der Waals surface area contributed by atoms with Gasteiger partial charge in [-0.2, -0.15) is 0 Å². The van der Waals surface area contributed by atoms with Gasteiger partial charge in [0.1, 0.15) is 16.5 Å². The summed E-state index contributed by atoms with van der Waals surface area (Å²) in [6.45, 7) is 2.27. The highest BCUT2D eigenvalue weighted by molar-refractivity contribution is 7.80. The molecule has 0 atom stereocenters. The summed E-state index contributed by atoms with van der Waals surface area (Å²) in [6, 6.07) is 6.34. The van der Waals surface area contributed by atoms with Gasteiger partial charge < -0.3 is 5.73 Å². The van der Waals surface area contributed by atoms with Crippen molar-refractivity contribution in [3.05, 3.63) is 47.0 Å². The van der Waals surface area contributed by atoms with Crippen molar-refractivity contribution in [2.75, 3.05) is 0 Å². The van der Waals surface area contributed by atoms with Gasteiger partial charge in [0.25, 0.3) is 0 Å². The lowest BCUT2D eigenvalue weighted by Gasteiger charge is -2.03. The molecule has 2 aromatic rings. The monoisotopic (exact) mass is 250 g/mol. The first-order valence-corrected chi connectivity index (χ1v) is 5.43. The molecule has 2 rings (SSSR count). The van der Waals surface area contributed by atoms with E-state index in [0.717, 1.165) is 11.3 Å². The molecular formula is C11H11FN4S. The van der Waals surface area contributed by atoms with Crippen LogP contribution in [0, 0.1) is 12.7 Å². The Bertz CT molecular complexity index is 564. The van der Waals surface area contributed by atoms with Crippen LogP contribution in [0.25, 0.3) is 0 Å². The minimum Gasteiger partial charge on any atom is -0.388 e. The van der Waals surface area contributed by atoms with Gasteiger partial charge in [-0.15, -0.1) is 5.10 Å². The Morgan fingerprint density at radius 3 is 2.88 bits per heavy atom. The van der Waals surface area contributed by atoms with E-state index in [4.69, 9.17) is 18.0 Å². The van der Waals surface area contributed by atoms with Crippen LogP contribution in [-0.2, 0) is 6.54 Å². The number of hydrogen-bond donors (Lipinski definition) is 1. The van der Waals surface area contributed by atoms with Crippen molar-refractivity contribution in [2.24, 2.45) is 5.73 Å². The zero-order chi connectivity index (χ0) is 12.4. The van der Waals surface area contributed by atoms with Crippen LogP contribution in [0.3, 0.4) is 0 Å². The number of thiocarbonyl (C=S) groups is 1. The molecule has 1 heterocycles. The number of hydrogen-bond acceptors (Lipinski definition) is 3. The van der Waals surface area contributed by atoms with Crippen molar-refractivity contribution in [1.82, 2.24) is 15.0 Å². The van der Waals surface area contributed by atoms with Crippen LogP contribution < -0.4 is 5.73 Å². The maximum absolute atomic E-state index is 13.0. The summed E-state index contributed by atoms with van der Waals surface area (Å²) < 4.78 is 14.7. The summed E-state index contributed by atoms with van der Waals surface area (Å²) >= 11 is 4.85. The minimum absolute atomic E-state index is 0.216. The molecular weight excluding hydrogens is 239 g/mol. The van der Waals surface area contributed by atoms with Crippen molar-refractivity contribution in [3.8, 4) is 0 Å². The predicted molar refractivity (Wildman–Crippen MR) is 66.1 cm³/mol. The van der Waals surface area contributed by atoms with Gasteiger partial charge >= 0.3 is 0 Å². The molecule has 0 bridgehead atoms. The van der Waals surface area contributed by atoms with Crippen molar-refractivity contribution >= 4 is 17.2 Å². The summed E-state index contributed by atoms with van der Waals surface area (Å²) in [7, 11) is 0. The van der Waals surface area contributed by atoms with Crippen molar-refractivity contribution < 1.29 is 4.39 Å². The van der Waals surface area contributed by atoms with Gasteiger partial charge in [-0.25, -0.2) is 9.07 Å². The van der Waals surface area contributed by atoms with Gasteiger partial charge in [-0.3, -0.25) is 0 Å². The standard InChI is InChI=1S/C11H11FN4S/c1-7-10(11(13)17)14-15-16(7)6-8-3-2-4-9(12)5-8/h2-5H,6H2,1H3,(H2,13,17). The lowest BCUT2D eigenvalue weighted by atomic mass is 10.2. The van der Waals surface area contributed by atoms with E-state index in [2.05, 4.69) is 10.3 Å². The second-order valence-corrected chi connectivity index (χ2v) is 4.12. The first-order valence-electron chi connectivity index (χ1n) is 5.02. The molecule has 1 aromatic carbocycles. The normalized spacial score (nSPS) is 10.5. The van der Waals surface area contributed by atoms with E-state index >= 15 is 0 Å². The molecule has 4 nitrogen and oxygen atoms in total. The Labute approximate surface area is 103 Å². The highest BCUT2D eigenvalue weighted by Crippen LogP contribution is 2.09. The maximum Gasteiger partial charge on any atom is 0.142 e. The zero-order valence-corrected chi connectivity index (χ0v) is 10.0. The smallest absolute Gasteiger partial charge is 0.142 e. The van der Waals surface area contributed by atoms with Gasteiger partial charge in [0.15, 0.2) is 0 Å². The molecule has 0 unspecified atom stereocenters. The van der Waals surface area contributed by atoms with Crippen molar-refractivity contribution in [2.45, 2.75) is 13.5 Å². The van der Waals surface area contributed by atoms with E-state index in [1.165, 1.54) is 12.1 Å². The molecule has 1 aromatic heterocycles. The number of benzene rings is 1. The lowest BCUT2D eigenvalue weighted by Crippen LogP contribution is -2.12. The molecule has 2 N–H and O–H groups in total. The number of nitrogens with two attached hydrogens (primary N) is 1. The third-order valence-corrected chi connectivity index (χ3v) is 2.63. The van der Waals surface area contributed by atoms with Crippen LogP contribution in [0.15, 0.2) is 24.3 Å². The van der Waals surface area contributed by atoms with E-state index < -0.39 is 0 Å². The Morgan fingerprint density at radius 2 is 2.29 bits per heavy atom. The summed E-state index contributed by atoms with van der Waals surface area (Å²) in [5.41, 5.74) is 7.60. The number of rotatable bonds is 3. The lowest BCUT2D eigenvalue weighted by molar-refractivity contribution is 0.609. The first kappa shape index (κ1) is 11.7. The molecule has 0 spiro atoms. The second-order valence-electron chi connectivity index (χ2n) is 3.68.